The van der Waals surface area contributed by atoms with Gasteiger partial charge >= 0.3 is 0 Å². The first-order valence-corrected chi connectivity index (χ1v) is 9.12. The highest BCUT2D eigenvalue weighted by Gasteiger charge is 2.20. The lowest BCUT2D eigenvalue weighted by Gasteiger charge is -2.35. The van der Waals surface area contributed by atoms with Crippen molar-refractivity contribution in [3.05, 3.63) is 48.9 Å². The van der Waals surface area contributed by atoms with Crippen molar-refractivity contribution in [2.45, 2.75) is 0 Å². The third-order valence-electron chi connectivity index (χ3n) is 4.71. The van der Waals surface area contributed by atoms with Gasteiger partial charge in [0.1, 0.15) is 5.82 Å². The number of nitrogens with zero attached hydrogens (tertiary/aromatic N) is 6. The van der Waals surface area contributed by atoms with Crippen LogP contribution in [0.1, 0.15) is 0 Å². The number of anilines is 4. The third-order valence-corrected chi connectivity index (χ3v) is 4.71. The van der Waals surface area contributed by atoms with E-state index in [0.717, 1.165) is 55.1 Å². The molecule has 5 rings (SSSR count). The minimum absolute atomic E-state index is 0.255. The van der Waals surface area contributed by atoms with E-state index in [4.69, 9.17) is 9.47 Å². The van der Waals surface area contributed by atoms with Crippen LogP contribution >= 0.6 is 0 Å². The Labute approximate surface area is 162 Å². The fourth-order valence-corrected chi connectivity index (χ4v) is 3.28. The first kappa shape index (κ1) is 16.5. The smallest absolute Gasteiger partial charge is 0.231 e. The van der Waals surface area contributed by atoms with E-state index >= 15 is 0 Å². The number of piperazine rings is 1. The largest absolute Gasteiger partial charge is 0.454 e. The van der Waals surface area contributed by atoms with Crippen molar-refractivity contribution in [2.24, 2.45) is 0 Å². The second kappa shape index (κ2) is 7.18. The number of benzene rings is 1. The summed E-state index contributed by atoms with van der Waals surface area (Å²) in [6, 6.07) is 9.44. The highest BCUT2D eigenvalue weighted by Crippen LogP contribution is 2.34. The van der Waals surface area contributed by atoms with Crippen molar-refractivity contribution >= 4 is 23.4 Å². The Kier molecular flexibility index (Phi) is 4.24. The Morgan fingerprint density at radius 2 is 1.61 bits per heavy atom. The molecule has 4 heterocycles. The van der Waals surface area contributed by atoms with E-state index in [1.54, 1.807) is 18.6 Å². The SMILES string of the molecule is c1cnc(N2CCN(c3ccnc(Nc4ccc5c(c4)OCO5)n3)CC2)nc1. The van der Waals surface area contributed by atoms with Crippen LogP contribution in [0, 0.1) is 0 Å². The first-order chi connectivity index (χ1) is 13.8. The molecular formula is C19H19N7O2. The van der Waals surface area contributed by atoms with E-state index < -0.39 is 0 Å². The fourth-order valence-electron chi connectivity index (χ4n) is 3.28. The zero-order valence-corrected chi connectivity index (χ0v) is 15.2. The van der Waals surface area contributed by atoms with E-state index in [1.165, 1.54) is 0 Å². The molecule has 142 valence electrons. The van der Waals surface area contributed by atoms with Crippen LogP contribution in [0.2, 0.25) is 0 Å². The maximum atomic E-state index is 5.42. The molecule has 1 aromatic carbocycles. The summed E-state index contributed by atoms with van der Waals surface area (Å²) in [5, 5.41) is 3.23. The van der Waals surface area contributed by atoms with Crippen molar-refractivity contribution in [1.82, 2.24) is 19.9 Å². The zero-order valence-electron chi connectivity index (χ0n) is 15.2. The monoisotopic (exact) mass is 377 g/mol. The molecule has 0 saturated carbocycles. The van der Waals surface area contributed by atoms with E-state index in [2.05, 4.69) is 35.1 Å². The molecule has 1 saturated heterocycles. The molecule has 1 fully saturated rings. The third kappa shape index (κ3) is 3.34. The van der Waals surface area contributed by atoms with Crippen LogP contribution in [-0.2, 0) is 0 Å². The molecule has 2 aromatic heterocycles. The standard InChI is InChI=1S/C19H19N7O2/c1-5-21-19(22-6-1)26-10-8-25(9-11-26)17-4-7-20-18(24-17)23-14-2-3-15-16(12-14)28-13-27-15/h1-7,12H,8-11,13H2,(H,20,23,24). The Bertz CT molecular complexity index is 962. The molecular weight excluding hydrogens is 358 g/mol. The summed E-state index contributed by atoms with van der Waals surface area (Å²) in [6.45, 7) is 3.64. The number of hydrogen-bond donors (Lipinski definition) is 1. The minimum atomic E-state index is 0.255. The Morgan fingerprint density at radius 3 is 2.46 bits per heavy atom. The number of nitrogens with one attached hydrogen (secondary N) is 1. The molecule has 9 nitrogen and oxygen atoms in total. The lowest BCUT2D eigenvalue weighted by molar-refractivity contribution is 0.174. The number of aromatic nitrogens is 4. The average Bonchev–Trinajstić information content (AvgIpc) is 3.23. The van der Waals surface area contributed by atoms with Crippen molar-refractivity contribution < 1.29 is 9.47 Å². The number of fused-ring (bicyclic) bond motifs is 1. The topological polar surface area (TPSA) is 88.5 Å². The lowest BCUT2D eigenvalue weighted by Crippen LogP contribution is -2.47. The highest BCUT2D eigenvalue weighted by molar-refractivity contribution is 5.61. The molecule has 28 heavy (non-hydrogen) atoms. The maximum Gasteiger partial charge on any atom is 0.231 e. The summed E-state index contributed by atoms with van der Waals surface area (Å²) in [6.07, 6.45) is 5.31. The summed E-state index contributed by atoms with van der Waals surface area (Å²) in [5.74, 6) is 3.69. The van der Waals surface area contributed by atoms with E-state index in [-0.39, 0.29) is 6.79 Å². The maximum absolute atomic E-state index is 5.42. The molecule has 9 heteroatoms. The van der Waals surface area contributed by atoms with E-state index in [1.807, 2.05) is 30.3 Å². The molecule has 0 bridgehead atoms. The first-order valence-electron chi connectivity index (χ1n) is 9.12. The molecule has 0 unspecified atom stereocenters. The van der Waals surface area contributed by atoms with Gasteiger partial charge in [-0.1, -0.05) is 0 Å². The zero-order chi connectivity index (χ0) is 18.8. The van der Waals surface area contributed by atoms with Crippen LogP contribution in [0.25, 0.3) is 0 Å². The second-order valence-corrected chi connectivity index (χ2v) is 6.45. The van der Waals surface area contributed by atoms with Crippen LogP contribution in [0.5, 0.6) is 11.5 Å². The number of hydrogen-bond acceptors (Lipinski definition) is 9. The van der Waals surface area contributed by atoms with E-state index in [9.17, 15) is 0 Å². The lowest BCUT2D eigenvalue weighted by atomic mass is 10.3. The van der Waals surface area contributed by atoms with Crippen LogP contribution in [0.15, 0.2) is 48.9 Å². The predicted molar refractivity (Wildman–Crippen MR) is 104 cm³/mol. The number of ether oxygens (including phenoxy) is 2. The Morgan fingerprint density at radius 1 is 0.821 bits per heavy atom. The van der Waals surface area contributed by atoms with Crippen molar-refractivity contribution in [1.29, 1.82) is 0 Å². The molecule has 3 aromatic rings. The van der Waals surface area contributed by atoms with Crippen LogP contribution in [0.3, 0.4) is 0 Å². The summed E-state index contributed by atoms with van der Waals surface area (Å²) in [5.41, 5.74) is 0.854. The van der Waals surface area contributed by atoms with Crippen molar-refractivity contribution in [2.75, 3.05) is 48.1 Å². The normalized spacial score (nSPS) is 15.6. The highest BCUT2D eigenvalue weighted by atomic mass is 16.7. The fraction of sp³-hybridized carbons (Fsp3) is 0.263. The van der Waals surface area contributed by atoms with Gasteiger partial charge in [0.15, 0.2) is 11.5 Å². The van der Waals surface area contributed by atoms with Crippen LogP contribution in [-0.4, -0.2) is 52.9 Å². The second-order valence-electron chi connectivity index (χ2n) is 6.45. The van der Waals surface area contributed by atoms with Gasteiger partial charge in [-0.25, -0.2) is 15.0 Å². The molecule has 0 aliphatic carbocycles. The number of rotatable bonds is 4. The molecule has 0 radical (unpaired) electrons. The predicted octanol–water partition coefficient (Wildman–Crippen LogP) is 2.07. The summed E-state index contributed by atoms with van der Waals surface area (Å²) in [7, 11) is 0. The van der Waals surface area contributed by atoms with Gasteiger partial charge in [-0.15, -0.1) is 0 Å². The van der Waals surface area contributed by atoms with Crippen molar-refractivity contribution in [3.63, 3.8) is 0 Å². The quantitative estimate of drug-likeness (QED) is 0.734. The Hall–Kier alpha value is -3.62. The van der Waals surface area contributed by atoms with Gasteiger partial charge in [-0.05, 0) is 24.3 Å². The summed E-state index contributed by atoms with van der Waals surface area (Å²) >= 11 is 0. The summed E-state index contributed by atoms with van der Waals surface area (Å²) in [4.78, 5) is 22.1. The van der Waals surface area contributed by atoms with Gasteiger partial charge in [0.05, 0.1) is 0 Å². The van der Waals surface area contributed by atoms with Crippen LogP contribution in [0.4, 0.5) is 23.4 Å². The molecule has 0 amide bonds. The van der Waals surface area contributed by atoms with Gasteiger partial charge in [0.25, 0.3) is 0 Å². The van der Waals surface area contributed by atoms with Gasteiger partial charge in [0, 0.05) is 56.5 Å². The van der Waals surface area contributed by atoms with Crippen molar-refractivity contribution in [3.8, 4) is 11.5 Å². The van der Waals surface area contributed by atoms with Crippen LogP contribution < -0.4 is 24.6 Å². The van der Waals surface area contributed by atoms with Gasteiger partial charge in [0.2, 0.25) is 18.7 Å². The minimum Gasteiger partial charge on any atom is -0.454 e. The molecule has 2 aliphatic heterocycles. The molecule has 2 aliphatic rings. The Balaban J connectivity index is 1.26. The van der Waals surface area contributed by atoms with E-state index in [0.29, 0.717) is 5.95 Å². The molecule has 0 atom stereocenters. The van der Waals surface area contributed by atoms with Gasteiger partial charge in [-0.3, -0.25) is 0 Å². The van der Waals surface area contributed by atoms with Gasteiger partial charge in [-0.2, -0.15) is 4.98 Å². The molecule has 1 N–H and O–H groups in total. The summed E-state index contributed by atoms with van der Waals surface area (Å²) < 4.78 is 10.8. The van der Waals surface area contributed by atoms with Gasteiger partial charge < -0.3 is 24.6 Å². The average molecular weight is 377 g/mol. The molecule has 0 spiro atoms.